The number of carbonyl (C=O) groups is 1. The Hall–Kier alpha value is -3.31. The van der Waals surface area contributed by atoms with E-state index in [-0.39, 0.29) is 10.6 Å². The van der Waals surface area contributed by atoms with Crippen molar-refractivity contribution in [2.45, 2.75) is 25.7 Å². The summed E-state index contributed by atoms with van der Waals surface area (Å²) in [7, 11) is -1.28. The van der Waals surface area contributed by atoms with Crippen LogP contribution in [0.2, 0.25) is 0 Å². The Labute approximate surface area is 212 Å². The second kappa shape index (κ2) is 11.0. The normalized spacial score (nSPS) is 11.5. The van der Waals surface area contributed by atoms with Crippen LogP contribution >= 0.6 is 15.9 Å². The first-order valence-corrected chi connectivity index (χ1v) is 12.7. The van der Waals surface area contributed by atoms with Crippen molar-refractivity contribution < 1.29 is 27.1 Å². The first-order chi connectivity index (χ1) is 16.5. The molecule has 0 fully saturated rings. The lowest BCUT2D eigenvalue weighted by Gasteiger charge is -2.25. The summed E-state index contributed by atoms with van der Waals surface area (Å²) < 4.78 is 45.1. The van der Waals surface area contributed by atoms with Gasteiger partial charge in [0, 0.05) is 12.1 Å². The maximum Gasteiger partial charge on any atom is 0.264 e. The van der Waals surface area contributed by atoms with Crippen LogP contribution in [-0.4, -0.2) is 41.3 Å². The van der Waals surface area contributed by atoms with E-state index in [0.717, 1.165) is 19.9 Å². The number of nitrogens with one attached hydrogen (secondary N) is 1. The van der Waals surface area contributed by atoms with E-state index in [2.05, 4.69) is 26.5 Å². The average molecular weight is 564 g/mol. The fraction of sp³-hybridized carbons (Fsp3) is 0.250. The minimum absolute atomic E-state index is 0.0541. The number of amides is 1. The largest absolute Gasteiger partial charge is 0.493 e. The van der Waals surface area contributed by atoms with Crippen molar-refractivity contribution in [3.63, 3.8) is 0 Å². The van der Waals surface area contributed by atoms with Crippen molar-refractivity contribution >= 4 is 43.8 Å². The van der Waals surface area contributed by atoms with Crippen LogP contribution in [0.4, 0.5) is 5.69 Å². The first kappa shape index (κ1) is 26.3. The molecule has 1 heterocycles. The summed E-state index contributed by atoms with van der Waals surface area (Å²) >= 11 is 3.34. The summed E-state index contributed by atoms with van der Waals surface area (Å²) in [6.07, 6.45) is 1.33. The monoisotopic (exact) mass is 563 g/mol. The Bertz CT molecular complexity index is 1330. The van der Waals surface area contributed by atoms with E-state index >= 15 is 0 Å². The maximum absolute atomic E-state index is 13.7. The number of hydrazone groups is 1. The molecule has 35 heavy (non-hydrogen) atoms. The SMILES string of the molecule is COc1ccc(S(=O)(=O)N(CC(=O)N/N=C\c2cc(Br)c(C)o2)c2cc(C)cc(C)c2)cc1OC. The summed E-state index contributed by atoms with van der Waals surface area (Å²) in [5, 5.41) is 3.89. The fourth-order valence-corrected chi connectivity index (χ4v) is 5.12. The molecule has 0 atom stereocenters. The third kappa shape index (κ3) is 6.23. The molecule has 2 aromatic carbocycles. The maximum atomic E-state index is 13.7. The molecule has 186 valence electrons. The number of methoxy groups -OCH3 is 2. The van der Waals surface area contributed by atoms with Gasteiger partial charge in [-0.3, -0.25) is 9.10 Å². The molecular formula is C24H26BrN3O6S. The zero-order chi connectivity index (χ0) is 25.8. The lowest BCUT2D eigenvalue weighted by molar-refractivity contribution is -0.119. The van der Waals surface area contributed by atoms with Crippen LogP contribution in [0.15, 0.2) is 61.4 Å². The van der Waals surface area contributed by atoms with Crippen LogP contribution in [0, 0.1) is 20.8 Å². The van der Waals surface area contributed by atoms with Crippen LogP contribution in [0.5, 0.6) is 11.5 Å². The lowest BCUT2D eigenvalue weighted by atomic mass is 10.1. The fourth-order valence-electron chi connectivity index (χ4n) is 3.39. The minimum atomic E-state index is -4.16. The van der Waals surface area contributed by atoms with Gasteiger partial charge in [0.05, 0.1) is 35.5 Å². The number of furan rings is 1. The number of hydrogen-bond acceptors (Lipinski definition) is 7. The highest BCUT2D eigenvalue weighted by atomic mass is 79.9. The Morgan fingerprint density at radius 2 is 1.71 bits per heavy atom. The van der Waals surface area contributed by atoms with E-state index in [1.807, 2.05) is 19.9 Å². The van der Waals surface area contributed by atoms with E-state index in [4.69, 9.17) is 13.9 Å². The van der Waals surface area contributed by atoms with E-state index in [9.17, 15) is 13.2 Å². The van der Waals surface area contributed by atoms with Crippen molar-refractivity contribution in [1.82, 2.24) is 5.43 Å². The lowest BCUT2D eigenvalue weighted by Crippen LogP contribution is -2.39. The highest BCUT2D eigenvalue weighted by Crippen LogP contribution is 2.32. The Balaban J connectivity index is 1.94. The zero-order valence-corrected chi connectivity index (χ0v) is 22.4. The summed E-state index contributed by atoms with van der Waals surface area (Å²) in [4.78, 5) is 12.7. The van der Waals surface area contributed by atoms with Crippen molar-refractivity contribution in [1.29, 1.82) is 0 Å². The molecule has 11 heteroatoms. The number of nitrogens with zero attached hydrogens (tertiary/aromatic N) is 2. The molecule has 0 spiro atoms. The molecule has 0 bridgehead atoms. The van der Waals surface area contributed by atoms with Crippen molar-refractivity contribution in [2.24, 2.45) is 5.10 Å². The molecule has 0 aliphatic carbocycles. The van der Waals surface area contributed by atoms with Crippen LogP contribution < -0.4 is 19.2 Å². The number of sulfonamides is 1. The molecule has 1 aromatic heterocycles. The van der Waals surface area contributed by atoms with E-state index in [1.165, 1.54) is 38.6 Å². The van der Waals surface area contributed by atoms with E-state index in [1.54, 1.807) is 25.1 Å². The Kier molecular flexibility index (Phi) is 8.23. The van der Waals surface area contributed by atoms with Gasteiger partial charge in [-0.15, -0.1) is 0 Å². The number of carbonyl (C=O) groups excluding carboxylic acids is 1. The third-order valence-electron chi connectivity index (χ3n) is 4.98. The molecular weight excluding hydrogens is 538 g/mol. The number of halogens is 1. The topological polar surface area (TPSA) is 110 Å². The van der Waals surface area contributed by atoms with E-state index in [0.29, 0.717) is 23.0 Å². The van der Waals surface area contributed by atoms with Crippen LogP contribution in [0.3, 0.4) is 0 Å². The number of hydrogen-bond donors (Lipinski definition) is 1. The zero-order valence-electron chi connectivity index (χ0n) is 20.0. The number of ether oxygens (including phenoxy) is 2. The second-order valence-corrected chi connectivity index (χ2v) is 10.4. The van der Waals surface area contributed by atoms with Crippen molar-refractivity contribution in [3.8, 4) is 11.5 Å². The number of rotatable bonds is 9. The molecule has 0 saturated heterocycles. The van der Waals surface area contributed by atoms with Gasteiger partial charge in [-0.25, -0.2) is 13.8 Å². The Morgan fingerprint density at radius 1 is 1.06 bits per heavy atom. The van der Waals surface area contributed by atoms with Crippen molar-refractivity contribution in [3.05, 3.63) is 69.6 Å². The summed E-state index contributed by atoms with van der Waals surface area (Å²) in [5.74, 6) is 1.10. The summed E-state index contributed by atoms with van der Waals surface area (Å²) in [5.41, 5.74) is 4.41. The van der Waals surface area contributed by atoms with Gasteiger partial charge in [-0.1, -0.05) is 6.07 Å². The minimum Gasteiger partial charge on any atom is -0.493 e. The van der Waals surface area contributed by atoms with Gasteiger partial charge in [-0.05, 0) is 72.1 Å². The molecule has 0 saturated carbocycles. The molecule has 0 unspecified atom stereocenters. The van der Waals surface area contributed by atoms with Crippen LogP contribution in [0.1, 0.15) is 22.6 Å². The Morgan fingerprint density at radius 3 is 2.29 bits per heavy atom. The standard InChI is InChI=1S/C24H26BrN3O6S/c1-15-8-16(2)10-18(9-15)28(14-24(29)27-26-13-19-11-21(25)17(3)34-19)35(30,31)20-6-7-22(32-4)23(12-20)33-5/h6-13H,14H2,1-5H3,(H,27,29)/b26-13-. The van der Waals surface area contributed by atoms with Gasteiger partial charge in [0.15, 0.2) is 11.5 Å². The molecule has 3 rings (SSSR count). The van der Waals surface area contributed by atoms with Gasteiger partial charge in [0.25, 0.3) is 15.9 Å². The number of aryl methyl sites for hydroxylation is 3. The van der Waals surface area contributed by atoms with Gasteiger partial charge in [0.1, 0.15) is 18.1 Å². The molecule has 1 amide bonds. The second-order valence-electron chi connectivity index (χ2n) is 7.72. The third-order valence-corrected chi connectivity index (χ3v) is 7.54. The predicted octanol–water partition coefficient (Wildman–Crippen LogP) is 4.33. The highest BCUT2D eigenvalue weighted by Gasteiger charge is 2.28. The first-order valence-electron chi connectivity index (χ1n) is 10.5. The molecule has 0 aliphatic rings. The van der Waals surface area contributed by atoms with Crippen LogP contribution in [0.25, 0.3) is 0 Å². The molecule has 9 nitrogen and oxygen atoms in total. The molecule has 3 aromatic rings. The highest BCUT2D eigenvalue weighted by molar-refractivity contribution is 9.10. The summed E-state index contributed by atoms with van der Waals surface area (Å²) in [6, 6.07) is 11.3. The van der Waals surface area contributed by atoms with Gasteiger partial charge in [0.2, 0.25) is 0 Å². The predicted molar refractivity (Wildman–Crippen MR) is 137 cm³/mol. The smallest absolute Gasteiger partial charge is 0.264 e. The molecule has 1 N–H and O–H groups in total. The van der Waals surface area contributed by atoms with Crippen LogP contribution in [-0.2, 0) is 14.8 Å². The average Bonchev–Trinajstić information content (AvgIpc) is 3.12. The number of anilines is 1. The number of benzene rings is 2. The molecule has 0 aliphatic heterocycles. The van der Waals surface area contributed by atoms with Gasteiger partial charge in [-0.2, -0.15) is 5.10 Å². The van der Waals surface area contributed by atoms with Gasteiger partial charge < -0.3 is 13.9 Å². The van der Waals surface area contributed by atoms with E-state index < -0.39 is 22.5 Å². The van der Waals surface area contributed by atoms with Gasteiger partial charge >= 0.3 is 0 Å². The summed E-state index contributed by atoms with van der Waals surface area (Å²) in [6.45, 7) is 4.98. The van der Waals surface area contributed by atoms with Crippen molar-refractivity contribution in [2.75, 3.05) is 25.1 Å². The quantitative estimate of drug-likeness (QED) is 0.306. The molecule has 0 radical (unpaired) electrons.